The molecule has 2 aromatic carbocycles. The number of hydrogen-bond acceptors (Lipinski definition) is 8. The van der Waals surface area contributed by atoms with Crippen molar-refractivity contribution < 1.29 is 24.0 Å². The first kappa shape index (κ1) is 30.4. The highest BCUT2D eigenvalue weighted by atomic mass is 16.2. The Bertz CT molecular complexity index is 1290. The van der Waals surface area contributed by atoms with Gasteiger partial charge in [-0.05, 0) is 50.9 Å². The monoisotopic (exact) mass is 547 g/mol. The van der Waals surface area contributed by atoms with Crippen molar-refractivity contribution in [2.75, 3.05) is 19.3 Å². The van der Waals surface area contributed by atoms with Crippen LogP contribution in [-0.4, -0.2) is 71.8 Å². The fourth-order valence-corrected chi connectivity index (χ4v) is 5.07. The zero-order valence-electron chi connectivity index (χ0n) is 23.1. The van der Waals surface area contributed by atoms with Gasteiger partial charge in [-0.25, -0.2) is 0 Å². The second-order valence-electron chi connectivity index (χ2n) is 10.2. The standard InChI is InChI=1S/C30H37N5O5/c1-18(2)25(34-28(39)19(3)31)26(37)24(20-11-6-5-7-12-20)30(17-36,27(38)21-13-8-9-14-22(21)32)35(4)29(40)23-15-10-16-33-23/h5-9,11-14,17,19,23-25,33H,1,10,15-16,31-32H2,2-4H3,(H,34,39). The number of hydrogen-bond donors (Lipinski definition) is 4. The number of amides is 2. The van der Waals surface area contributed by atoms with Gasteiger partial charge in [0, 0.05) is 18.3 Å². The summed E-state index contributed by atoms with van der Waals surface area (Å²) in [6.07, 6.45) is 1.58. The maximum absolute atomic E-state index is 14.5. The number of Topliss-reactive ketones (excluding diaryl/α,β-unsaturated/α-hetero) is 2. The average molecular weight is 548 g/mol. The fraction of sp³-hybridized carbons (Fsp3) is 0.367. The second-order valence-corrected chi connectivity index (χ2v) is 10.2. The number of aldehydes is 1. The van der Waals surface area contributed by atoms with E-state index >= 15 is 0 Å². The molecule has 1 saturated heterocycles. The number of nitrogens with one attached hydrogen (secondary N) is 2. The van der Waals surface area contributed by atoms with E-state index in [9.17, 15) is 24.0 Å². The lowest BCUT2D eigenvalue weighted by Crippen LogP contribution is -2.65. The maximum Gasteiger partial charge on any atom is 0.240 e. The molecule has 10 nitrogen and oxygen atoms in total. The van der Waals surface area contributed by atoms with E-state index in [1.165, 1.54) is 26.1 Å². The minimum atomic E-state index is -2.36. The molecule has 5 atom stereocenters. The number of rotatable bonds is 12. The molecule has 0 spiro atoms. The highest BCUT2D eigenvalue weighted by molar-refractivity contribution is 6.21. The maximum atomic E-state index is 14.5. The number of ketones is 2. The number of nitrogens with zero attached hydrogens (tertiary/aromatic N) is 1. The van der Waals surface area contributed by atoms with E-state index in [2.05, 4.69) is 17.2 Å². The van der Waals surface area contributed by atoms with E-state index in [4.69, 9.17) is 11.5 Å². The van der Waals surface area contributed by atoms with Crippen molar-refractivity contribution in [3.63, 3.8) is 0 Å². The van der Waals surface area contributed by atoms with Crippen molar-refractivity contribution >= 4 is 35.4 Å². The van der Waals surface area contributed by atoms with Crippen molar-refractivity contribution in [1.82, 2.24) is 15.5 Å². The van der Waals surface area contributed by atoms with Gasteiger partial charge >= 0.3 is 0 Å². The Morgan fingerprint density at radius 2 is 1.75 bits per heavy atom. The van der Waals surface area contributed by atoms with Gasteiger partial charge in [-0.3, -0.25) is 19.2 Å². The lowest BCUT2D eigenvalue weighted by molar-refractivity contribution is -0.143. The van der Waals surface area contributed by atoms with Gasteiger partial charge in [-0.2, -0.15) is 0 Å². The van der Waals surface area contributed by atoms with E-state index < -0.39 is 53.0 Å². The Labute approximate surface area is 234 Å². The third-order valence-corrected chi connectivity index (χ3v) is 7.33. The normalized spacial score (nSPS) is 18.4. The number of nitrogen functional groups attached to an aromatic ring is 1. The third-order valence-electron chi connectivity index (χ3n) is 7.33. The van der Waals surface area contributed by atoms with Gasteiger partial charge in [-0.15, -0.1) is 0 Å². The topological polar surface area (TPSA) is 165 Å². The first-order chi connectivity index (χ1) is 19.0. The number of nitrogens with two attached hydrogens (primary N) is 2. The van der Waals surface area contributed by atoms with Gasteiger partial charge in [0.1, 0.15) is 6.04 Å². The highest BCUT2D eigenvalue weighted by Gasteiger charge is 2.57. The number of carbonyl (C=O) groups excluding carboxylic acids is 5. The molecule has 10 heteroatoms. The predicted molar refractivity (Wildman–Crippen MR) is 152 cm³/mol. The number of likely N-dealkylation sites (N-methyl/N-ethyl adjacent to an activating group) is 1. The Balaban J connectivity index is 2.33. The summed E-state index contributed by atoms with van der Waals surface area (Å²) in [5.74, 6) is -4.21. The van der Waals surface area contributed by atoms with Crippen LogP contribution in [0.15, 0.2) is 66.7 Å². The van der Waals surface area contributed by atoms with Crippen molar-refractivity contribution in [2.45, 2.75) is 56.3 Å². The lowest BCUT2D eigenvalue weighted by Gasteiger charge is -2.43. The predicted octanol–water partition coefficient (Wildman–Crippen LogP) is 1.36. The zero-order chi connectivity index (χ0) is 29.6. The van der Waals surface area contributed by atoms with Gasteiger partial charge in [0.05, 0.1) is 18.0 Å². The van der Waals surface area contributed by atoms with Crippen molar-refractivity contribution in [2.24, 2.45) is 5.73 Å². The molecule has 1 fully saturated rings. The van der Waals surface area contributed by atoms with Gasteiger partial charge in [0.25, 0.3) is 0 Å². The molecule has 6 N–H and O–H groups in total. The van der Waals surface area contributed by atoms with Crippen LogP contribution in [0.2, 0.25) is 0 Å². The molecular weight excluding hydrogens is 510 g/mol. The quantitative estimate of drug-likeness (QED) is 0.102. The first-order valence-corrected chi connectivity index (χ1v) is 13.1. The van der Waals surface area contributed by atoms with Crippen LogP contribution in [0.25, 0.3) is 0 Å². The molecule has 5 unspecified atom stereocenters. The van der Waals surface area contributed by atoms with E-state index in [0.717, 1.165) is 11.3 Å². The number of benzene rings is 2. The summed E-state index contributed by atoms with van der Waals surface area (Å²) < 4.78 is 0. The molecule has 0 radical (unpaired) electrons. The molecule has 0 aliphatic carbocycles. The summed E-state index contributed by atoms with van der Waals surface area (Å²) in [6.45, 7) is 7.48. The number of anilines is 1. The van der Waals surface area contributed by atoms with Gasteiger partial charge < -0.3 is 31.8 Å². The molecule has 0 aromatic heterocycles. The van der Waals surface area contributed by atoms with Crippen LogP contribution in [0.5, 0.6) is 0 Å². The summed E-state index contributed by atoms with van der Waals surface area (Å²) in [6, 6.07) is 11.5. The summed E-state index contributed by atoms with van der Waals surface area (Å²) in [5, 5.41) is 5.69. The van der Waals surface area contributed by atoms with Crippen LogP contribution in [0, 0.1) is 0 Å². The fourth-order valence-electron chi connectivity index (χ4n) is 5.07. The molecule has 40 heavy (non-hydrogen) atoms. The second kappa shape index (κ2) is 12.8. The van der Waals surface area contributed by atoms with Crippen molar-refractivity contribution in [3.05, 3.63) is 77.9 Å². The van der Waals surface area contributed by atoms with E-state index in [0.29, 0.717) is 24.8 Å². The Morgan fingerprint density at radius 3 is 2.27 bits per heavy atom. The molecule has 1 aliphatic rings. The zero-order valence-corrected chi connectivity index (χ0v) is 23.1. The smallest absolute Gasteiger partial charge is 0.240 e. The van der Waals surface area contributed by atoms with Gasteiger partial charge in [0.2, 0.25) is 11.8 Å². The number of carbonyl (C=O) groups is 5. The molecule has 1 heterocycles. The molecule has 2 amide bonds. The van der Waals surface area contributed by atoms with E-state index in [1.54, 1.807) is 49.4 Å². The van der Waals surface area contributed by atoms with E-state index in [1.807, 2.05) is 0 Å². The van der Waals surface area contributed by atoms with Crippen LogP contribution in [0.3, 0.4) is 0 Å². The van der Waals surface area contributed by atoms with Crippen LogP contribution in [-0.2, 0) is 19.2 Å². The largest absolute Gasteiger partial charge is 0.398 e. The van der Waals surface area contributed by atoms with Gasteiger partial charge in [-0.1, -0.05) is 54.6 Å². The van der Waals surface area contributed by atoms with Crippen molar-refractivity contribution in [3.8, 4) is 0 Å². The average Bonchev–Trinajstić information content (AvgIpc) is 3.48. The minimum absolute atomic E-state index is 0.0196. The summed E-state index contributed by atoms with van der Waals surface area (Å²) in [4.78, 5) is 69.9. The molecule has 2 aromatic rings. The summed E-state index contributed by atoms with van der Waals surface area (Å²) in [5.41, 5.74) is 10.2. The third kappa shape index (κ3) is 5.88. The molecule has 3 rings (SSSR count). The molecule has 0 saturated carbocycles. The molecule has 212 valence electrons. The minimum Gasteiger partial charge on any atom is -0.398 e. The Morgan fingerprint density at radius 1 is 1.12 bits per heavy atom. The Hall–Kier alpha value is -4.15. The summed E-state index contributed by atoms with van der Waals surface area (Å²) in [7, 11) is 1.34. The lowest BCUT2D eigenvalue weighted by atomic mass is 9.69. The molecular formula is C30H37N5O5. The van der Waals surface area contributed by atoms with Crippen LogP contribution >= 0.6 is 0 Å². The molecule has 0 bridgehead atoms. The highest BCUT2D eigenvalue weighted by Crippen LogP contribution is 2.39. The molecule has 1 aliphatic heterocycles. The van der Waals surface area contributed by atoms with Crippen LogP contribution in [0.4, 0.5) is 5.69 Å². The first-order valence-electron chi connectivity index (χ1n) is 13.1. The van der Waals surface area contributed by atoms with Crippen LogP contribution in [0.1, 0.15) is 48.5 Å². The Kier molecular flexibility index (Phi) is 9.73. The number of para-hydroxylation sites is 1. The van der Waals surface area contributed by atoms with Crippen LogP contribution < -0.4 is 22.1 Å². The van der Waals surface area contributed by atoms with E-state index in [-0.39, 0.29) is 16.8 Å². The SMILES string of the molecule is C=C(C)C(NC(=O)C(C)N)C(=O)C(c1ccccc1)C(C=O)(C(=O)c1ccccc1N)N(C)C(=O)C1CCCN1. The van der Waals surface area contributed by atoms with Crippen molar-refractivity contribution in [1.29, 1.82) is 0 Å². The summed E-state index contributed by atoms with van der Waals surface area (Å²) >= 11 is 0. The van der Waals surface area contributed by atoms with Gasteiger partial charge in [0.15, 0.2) is 23.4 Å².